The molecule has 3 rings (SSSR count). The van der Waals surface area contributed by atoms with Crippen LogP contribution >= 0.6 is 0 Å². The van der Waals surface area contributed by atoms with Gasteiger partial charge in [-0.25, -0.2) is 0 Å². The molecule has 6 nitrogen and oxygen atoms in total. The summed E-state index contributed by atoms with van der Waals surface area (Å²) >= 11 is 0. The monoisotopic (exact) mass is 277 g/mol. The van der Waals surface area contributed by atoms with E-state index in [0.717, 1.165) is 5.69 Å². The van der Waals surface area contributed by atoms with Gasteiger partial charge < -0.3 is 10.1 Å². The van der Waals surface area contributed by atoms with Gasteiger partial charge in [-0.05, 0) is 19.3 Å². The number of aromatic amines is 1. The highest BCUT2D eigenvalue weighted by Gasteiger charge is 2.49. The third-order valence-corrected chi connectivity index (χ3v) is 4.28. The Morgan fingerprint density at radius 1 is 1.35 bits per heavy atom. The Morgan fingerprint density at radius 2 is 2.10 bits per heavy atom. The smallest absolute Gasteiger partial charge is 0.309 e. The molecule has 0 unspecified atom stereocenters. The fraction of sp³-hybridized carbons (Fsp3) is 0.643. The van der Waals surface area contributed by atoms with Crippen LogP contribution in [0.3, 0.4) is 0 Å². The molecular formula is C14H19N3O3. The molecule has 2 saturated carbocycles. The third-order valence-electron chi connectivity index (χ3n) is 4.28. The summed E-state index contributed by atoms with van der Waals surface area (Å²) < 4.78 is 4.64. The number of aromatic nitrogens is 2. The second kappa shape index (κ2) is 5.26. The number of nitrogens with one attached hydrogen (secondary N) is 2. The van der Waals surface area contributed by atoms with Crippen molar-refractivity contribution in [3.8, 4) is 0 Å². The van der Waals surface area contributed by atoms with Crippen LogP contribution in [0.1, 0.15) is 43.7 Å². The van der Waals surface area contributed by atoms with E-state index in [1.165, 1.54) is 32.8 Å². The Balaban J connectivity index is 1.56. The minimum absolute atomic E-state index is 0.148. The molecule has 2 fully saturated rings. The van der Waals surface area contributed by atoms with Crippen molar-refractivity contribution in [2.24, 2.45) is 11.8 Å². The second-order valence-electron chi connectivity index (χ2n) is 5.65. The van der Waals surface area contributed by atoms with E-state index in [0.29, 0.717) is 18.2 Å². The highest BCUT2D eigenvalue weighted by Crippen LogP contribution is 2.40. The molecule has 1 amide bonds. The van der Waals surface area contributed by atoms with Crippen LogP contribution in [-0.4, -0.2) is 29.2 Å². The average Bonchev–Trinajstić information content (AvgIpc) is 2.87. The van der Waals surface area contributed by atoms with E-state index in [1.807, 2.05) is 6.07 Å². The van der Waals surface area contributed by atoms with Crippen LogP contribution in [0.25, 0.3) is 0 Å². The lowest BCUT2D eigenvalue weighted by molar-refractivity contribution is -0.143. The van der Waals surface area contributed by atoms with Gasteiger partial charge in [0.25, 0.3) is 0 Å². The molecule has 0 spiro atoms. The van der Waals surface area contributed by atoms with E-state index in [1.54, 1.807) is 0 Å². The largest absolute Gasteiger partial charge is 0.469 e. The van der Waals surface area contributed by atoms with Crippen molar-refractivity contribution in [2.45, 2.75) is 38.0 Å². The van der Waals surface area contributed by atoms with Crippen molar-refractivity contribution in [3.63, 3.8) is 0 Å². The number of carbonyl (C=O) groups excluding carboxylic acids is 2. The minimum Gasteiger partial charge on any atom is -0.469 e. The van der Waals surface area contributed by atoms with Gasteiger partial charge in [-0.15, -0.1) is 0 Å². The van der Waals surface area contributed by atoms with Crippen molar-refractivity contribution in [2.75, 3.05) is 12.4 Å². The van der Waals surface area contributed by atoms with Crippen LogP contribution in [-0.2, 0) is 14.3 Å². The number of ether oxygens (including phenoxy) is 1. The molecule has 20 heavy (non-hydrogen) atoms. The van der Waals surface area contributed by atoms with E-state index in [9.17, 15) is 9.59 Å². The number of hydrogen-bond donors (Lipinski definition) is 2. The van der Waals surface area contributed by atoms with E-state index in [2.05, 4.69) is 20.3 Å². The maximum Gasteiger partial charge on any atom is 0.309 e. The topological polar surface area (TPSA) is 84.1 Å². The van der Waals surface area contributed by atoms with Gasteiger partial charge in [-0.1, -0.05) is 12.8 Å². The molecule has 2 N–H and O–H groups in total. The molecular weight excluding hydrogens is 258 g/mol. The summed E-state index contributed by atoms with van der Waals surface area (Å²) in [5.41, 5.74) is 1.10. The Labute approximate surface area is 117 Å². The van der Waals surface area contributed by atoms with E-state index < -0.39 is 0 Å². The highest BCUT2D eigenvalue weighted by atomic mass is 16.5. The summed E-state index contributed by atoms with van der Waals surface area (Å²) in [6, 6.07) is 1.91. The summed E-state index contributed by atoms with van der Waals surface area (Å²) in [6.07, 6.45) is 5.45. The number of hydrogen-bond acceptors (Lipinski definition) is 4. The molecule has 2 aliphatic carbocycles. The van der Waals surface area contributed by atoms with Gasteiger partial charge in [-0.2, -0.15) is 5.10 Å². The van der Waals surface area contributed by atoms with Gasteiger partial charge in [0.1, 0.15) is 0 Å². The van der Waals surface area contributed by atoms with Gasteiger partial charge in [-0.3, -0.25) is 14.7 Å². The zero-order valence-corrected chi connectivity index (χ0v) is 11.5. The van der Waals surface area contributed by atoms with Crippen molar-refractivity contribution in [1.29, 1.82) is 0 Å². The molecule has 108 valence electrons. The molecule has 0 radical (unpaired) electrons. The number of methoxy groups -OCH3 is 1. The normalized spacial score (nSPS) is 25.4. The standard InChI is InChI=1S/C14H19N3O3/c1-20-14(19)10-6-9(10)13(18)15-12-7-11(16-17-12)8-4-2-3-5-8/h7-10H,2-6H2,1H3,(H2,15,16,17,18)/t9-,10-/m0/s1. The molecule has 6 heteroatoms. The summed E-state index contributed by atoms with van der Waals surface area (Å²) in [4.78, 5) is 23.3. The summed E-state index contributed by atoms with van der Waals surface area (Å²) in [7, 11) is 1.34. The molecule has 1 aromatic heterocycles. The number of esters is 1. The number of nitrogens with zero attached hydrogens (tertiary/aromatic N) is 1. The lowest BCUT2D eigenvalue weighted by atomic mass is 10.0. The first-order valence-electron chi connectivity index (χ1n) is 7.13. The van der Waals surface area contributed by atoms with Crippen molar-refractivity contribution in [3.05, 3.63) is 11.8 Å². The van der Waals surface area contributed by atoms with E-state index >= 15 is 0 Å². The van der Waals surface area contributed by atoms with Crippen LogP contribution in [0.5, 0.6) is 0 Å². The van der Waals surface area contributed by atoms with E-state index in [-0.39, 0.29) is 23.7 Å². The number of rotatable bonds is 4. The average molecular weight is 277 g/mol. The molecule has 0 aromatic carbocycles. The summed E-state index contributed by atoms with van der Waals surface area (Å²) in [5, 5.41) is 9.90. The van der Waals surface area contributed by atoms with Crippen LogP contribution in [0.15, 0.2) is 6.07 Å². The summed E-state index contributed by atoms with van der Waals surface area (Å²) in [5.74, 6) is 0.0790. The zero-order valence-electron chi connectivity index (χ0n) is 11.5. The zero-order chi connectivity index (χ0) is 14.1. The molecule has 2 atom stereocenters. The lowest BCUT2D eigenvalue weighted by Crippen LogP contribution is -2.17. The molecule has 1 heterocycles. The maximum absolute atomic E-state index is 12.0. The Kier molecular flexibility index (Phi) is 3.46. The van der Waals surface area contributed by atoms with Gasteiger partial charge in [0.15, 0.2) is 5.82 Å². The number of carbonyl (C=O) groups is 2. The van der Waals surface area contributed by atoms with Crippen molar-refractivity contribution >= 4 is 17.7 Å². The number of H-pyrrole nitrogens is 1. The second-order valence-corrected chi connectivity index (χ2v) is 5.65. The third kappa shape index (κ3) is 2.55. The summed E-state index contributed by atoms with van der Waals surface area (Å²) in [6.45, 7) is 0. The highest BCUT2D eigenvalue weighted by molar-refractivity contribution is 5.97. The van der Waals surface area contributed by atoms with Crippen LogP contribution in [0, 0.1) is 11.8 Å². The molecule has 0 bridgehead atoms. The van der Waals surface area contributed by atoms with E-state index in [4.69, 9.17) is 0 Å². The maximum atomic E-state index is 12.0. The van der Waals surface area contributed by atoms with Gasteiger partial charge in [0, 0.05) is 17.7 Å². The quantitative estimate of drug-likeness (QED) is 0.822. The number of anilines is 1. The first-order chi connectivity index (χ1) is 9.69. The SMILES string of the molecule is COC(=O)[C@H]1C[C@@H]1C(=O)Nc1cc(C2CCCC2)[nH]n1. The van der Waals surface area contributed by atoms with Crippen LogP contribution in [0.2, 0.25) is 0 Å². The predicted molar refractivity (Wildman–Crippen MR) is 72.0 cm³/mol. The Bertz CT molecular complexity index is 519. The van der Waals surface area contributed by atoms with Crippen molar-refractivity contribution < 1.29 is 14.3 Å². The first kappa shape index (κ1) is 13.1. The van der Waals surface area contributed by atoms with Crippen molar-refractivity contribution in [1.82, 2.24) is 10.2 Å². The first-order valence-corrected chi connectivity index (χ1v) is 7.13. The predicted octanol–water partition coefficient (Wildman–Crippen LogP) is 1.81. The minimum atomic E-state index is -0.307. The molecule has 0 saturated heterocycles. The molecule has 0 aliphatic heterocycles. The van der Waals surface area contributed by atoms with Gasteiger partial charge in [0.05, 0.1) is 18.9 Å². The van der Waals surface area contributed by atoms with Gasteiger partial charge >= 0.3 is 5.97 Å². The molecule has 2 aliphatic rings. The number of amides is 1. The fourth-order valence-electron chi connectivity index (χ4n) is 2.96. The van der Waals surface area contributed by atoms with Crippen LogP contribution < -0.4 is 5.32 Å². The molecule has 1 aromatic rings. The Morgan fingerprint density at radius 3 is 2.80 bits per heavy atom. The Hall–Kier alpha value is -1.85. The lowest BCUT2D eigenvalue weighted by Gasteiger charge is -2.03. The van der Waals surface area contributed by atoms with Gasteiger partial charge in [0.2, 0.25) is 5.91 Å². The fourth-order valence-corrected chi connectivity index (χ4v) is 2.96. The van der Waals surface area contributed by atoms with Crippen LogP contribution in [0.4, 0.5) is 5.82 Å².